The van der Waals surface area contributed by atoms with Crippen molar-refractivity contribution >= 4 is 34.6 Å². The summed E-state index contributed by atoms with van der Waals surface area (Å²) in [5.41, 5.74) is 9.69. The molecule has 0 aliphatic carbocycles. The van der Waals surface area contributed by atoms with Gasteiger partial charge in [0.15, 0.2) is 0 Å². The number of rotatable bonds is 9. The first-order valence-corrected chi connectivity index (χ1v) is 20.4. The maximum Gasteiger partial charge on any atom is 0.324 e. The molecule has 14 heteroatoms. The second-order valence-electron chi connectivity index (χ2n) is 17.0. The zero-order valence-corrected chi connectivity index (χ0v) is 35.4. The van der Waals surface area contributed by atoms with E-state index in [1.54, 1.807) is 39.3 Å². The molecule has 3 amide bonds. The van der Waals surface area contributed by atoms with E-state index in [0.717, 1.165) is 38.9 Å². The van der Waals surface area contributed by atoms with Gasteiger partial charge < -0.3 is 34.5 Å². The molecule has 4 atom stereocenters. The predicted molar refractivity (Wildman–Crippen MR) is 224 cm³/mol. The molecule has 59 heavy (non-hydrogen) atoms. The number of aliphatic hydroxyl groups excluding tert-OH is 1. The zero-order chi connectivity index (χ0) is 42.8. The lowest BCUT2D eigenvalue weighted by Crippen LogP contribution is -2.62. The SMILES string of the molecule is CCn1c(-c2cnccc2COC)c2c3cc(ccc31)-c1cc(O)cc(c1)C[C@H](NC(=O)C(C(C)C)N(C)C(=O)[C@@H](C)O)C(=O)N1CCC[C@H](N1)C(=O)OCC(C)(C)C2. The fourth-order valence-corrected chi connectivity index (χ4v) is 8.55. The Hall–Kier alpha value is -5.31. The van der Waals surface area contributed by atoms with Crippen LogP contribution in [0.1, 0.15) is 71.1 Å². The fourth-order valence-electron chi connectivity index (χ4n) is 8.55. The van der Waals surface area contributed by atoms with Gasteiger partial charge in [-0.25, -0.2) is 5.43 Å². The van der Waals surface area contributed by atoms with Crippen molar-refractivity contribution in [2.24, 2.45) is 11.3 Å². The van der Waals surface area contributed by atoms with E-state index in [1.807, 2.05) is 24.4 Å². The Morgan fingerprint density at radius 2 is 1.88 bits per heavy atom. The summed E-state index contributed by atoms with van der Waals surface area (Å²) < 4.78 is 13.9. The van der Waals surface area contributed by atoms with Crippen LogP contribution in [0.4, 0.5) is 0 Å². The molecule has 4 aromatic rings. The van der Waals surface area contributed by atoms with E-state index >= 15 is 0 Å². The Labute approximate surface area is 345 Å². The molecule has 1 unspecified atom stereocenters. The second kappa shape index (κ2) is 17.9. The van der Waals surface area contributed by atoms with Crippen LogP contribution in [0.5, 0.6) is 5.75 Å². The van der Waals surface area contributed by atoms with Crippen LogP contribution in [0.25, 0.3) is 33.3 Å². The number of pyridine rings is 1. The van der Waals surface area contributed by atoms with Gasteiger partial charge in [0.05, 0.1) is 18.9 Å². The number of likely N-dealkylation sites (N-methyl/N-ethyl adjacent to an activating group) is 1. The number of aliphatic hydroxyl groups is 1. The predicted octanol–water partition coefficient (Wildman–Crippen LogP) is 4.75. The number of hydrogen-bond donors (Lipinski definition) is 4. The summed E-state index contributed by atoms with van der Waals surface area (Å²) in [6.45, 7) is 12.6. The molecule has 316 valence electrons. The number of hydrogen-bond acceptors (Lipinski definition) is 10. The van der Waals surface area contributed by atoms with Gasteiger partial charge >= 0.3 is 5.97 Å². The van der Waals surface area contributed by atoms with Crippen molar-refractivity contribution in [2.45, 2.75) is 105 Å². The molecule has 2 aliphatic rings. The van der Waals surface area contributed by atoms with Crippen molar-refractivity contribution < 1.29 is 38.9 Å². The maximum absolute atomic E-state index is 14.5. The lowest BCUT2D eigenvalue weighted by Gasteiger charge is -2.37. The van der Waals surface area contributed by atoms with Crippen LogP contribution in [0.2, 0.25) is 0 Å². The molecule has 2 aromatic carbocycles. The number of nitrogens with zero attached hydrogens (tertiary/aromatic N) is 4. The van der Waals surface area contributed by atoms with Crippen LogP contribution < -0.4 is 10.7 Å². The molecule has 6 rings (SSSR count). The van der Waals surface area contributed by atoms with Crippen LogP contribution in [-0.2, 0) is 54.6 Å². The zero-order valence-electron chi connectivity index (χ0n) is 35.4. The van der Waals surface area contributed by atoms with E-state index in [9.17, 15) is 29.4 Å². The Bertz CT molecular complexity index is 2210. The number of amides is 3. The van der Waals surface area contributed by atoms with Crippen LogP contribution in [0.3, 0.4) is 0 Å². The molecule has 2 aliphatic heterocycles. The van der Waals surface area contributed by atoms with Crippen molar-refractivity contribution in [3.05, 3.63) is 71.5 Å². The van der Waals surface area contributed by atoms with Crippen molar-refractivity contribution in [2.75, 3.05) is 27.3 Å². The van der Waals surface area contributed by atoms with Crippen molar-refractivity contribution in [3.8, 4) is 28.1 Å². The van der Waals surface area contributed by atoms with Crippen molar-refractivity contribution in [3.63, 3.8) is 0 Å². The molecule has 14 nitrogen and oxygen atoms in total. The highest BCUT2D eigenvalue weighted by atomic mass is 16.5. The van der Waals surface area contributed by atoms with E-state index in [-0.39, 0.29) is 31.2 Å². The third-order valence-corrected chi connectivity index (χ3v) is 11.3. The molecule has 6 bridgehead atoms. The number of carbonyl (C=O) groups is 4. The number of phenolic OH excluding ortho intramolecular Hbond substituents is 1. The Morgan fingerprint density at radius 1 is 1.12 bits per heavy atom. The number of methoxy groups -OCH3 is 1. The number of fused-ring (bicyclic) bond motifs is 6. The number of esters is 1. The second-order valence-corrected chi connectivity index (χ2v) is 17.0. The van der Waals surface area contributed by atoms with Crippen LogP contribution in [0.15, 0.2) is 54.9 Å². The Balaban J connectivity index is 1.51. The monoisotopic (exact) mass is 810 g/mol. The van der Waals surface area contributed by atoms with Gasteiger partial charge in [-0.2, -0.15) is 0 Å². The first-order chi connectivity index (χ1) is 28.0. The minimum Gasteiger partial charge on any atom is -0.508 e. The van der Waals surface area contributed by atoms with Gasteiger partial charge in [-0.05, 0) is 97.2 Å². The lowest BCUT2D eigenvalue weighted by atomic mass is 9.84. The van der Waals surface area contributed by atoms with Gasteiger partial charge in [-0.3, -0.25) is 29.2 Å². The Morgan fingerprint density at radius 3 is 2.58 bits per heavy atom. The number of aromatic nitrogens is 2. The van der Waals surface area contributed by atoms with E-state index in [1.165, 1.54) is 23.9 Å². The highest BCUT2D eigenvalue weighted by Crippen LogP contribution is 2.41. The summed E-state index contributed by atoms with van der Waals surface area (Å²) in [5, 5.41) is 26.5. The van der Waals surface area contributed by atoms with Crippen LogP contribution in [0, 0.1) is 11.3 Å². The third kappa shape index (κ3) is 9.29. The highest BCUT2D eigenvalue weighted by Gasteiger charge is 2.38. The van der Waals surface area contributed by atoms with Crippen LogP contribution >= 0.6 is 0 Å². The molecule has 1 saturated heterocycles. The molecule has 0 saturated carbocycles. The van der Waals surface area contributed by atoms with Crippen molar-refractivity contribution in [1.29, 1.82) is 0 Å². The number of nitrogens with one attached hydrogen (secondary N) is 2. The number of phenols is 1. The Kier molecular flexibility index (Phi) is 13.1. The number of aryl methyl sites for hydroxylation is 1. The first-order valence-electron chi connectivity index (χ1n) is 20.4. The summed E-state index contributed by atoms with van der Waals surface area (Å²) in [5.74, 6) is -2.57. The number of hydrazine groups is 1. The molecule has 2 aromatic heterocycles. The number of benzene rings is 2. The minimum atomic E-state index is -1.33. The highest BCUT2D eigenvalue weighted by molar-refractivity contribution is 5.96. The summed E-state index contributed by atoms with van der Waals surface area (Å²) in [6, 6.07) is 10.3. The van der Waals surface area contributed by atoms with Gasteiger partial charge in [0, 0.05) is 67.9 Å². The van der Waals surface area contributed by atoms with Gasteiger partial charge in [-0.1, -0.05) is 39.8 Å². The number of cyclic esters (lactones) is 1. The van der Waals surface area contributed by atoms with E-state index in [2.05, 4.69) is 53.2 Å². The standard InChI is InChI=1S/C45H58N6O8/c1-9-50-38-13-12-29-21-33(38)34(40(50)35-23-46-15-14-30(35)24-58-8)22-45(5,6)25-59-44(57)36-11-10-16-51(48-36)43(56)37(19-28-17-31(29)20-32(53)18-28)47-41(54)39(26(2)3)49(7)42(55)27(4)52/h12-15,17-18,20-21,23,26-27,36-37,39,48,52-53H,9-11,16,19,22,24-25H2,1-8H3,(H,47,54)/t27-,36+,37+,39?/m1/s1. The summed E-state index contributed by atoms with van der Waals surface area (Å²) >= 11 is 0. The van der Waals surface area contributed by atoms with Gasteiger partial charge in [0.25, 0.3) is 11.8 Å². The quantitative estimate of drug-likeness (QED) is 0.173. The normalized spacial score (nSPS) is 19.5. The lowest BCUT2D eigenvalue weighted by molar-refractivity contribution is -0.155. The molecule has 1 fully saturated rings. The largest absolute Gasteiger partial charge is 0.508 e. The number of aromatic hydroxyl groups is 1. The van der Waals surface area contributed by atoms with Crippen molar-refractivity contribution in [1.82, 2.24) is 30.2 Å². The van der Waals surface area contributed by atoms with E-state index in [0.29, 0.717) is 43.5 Å². The molecular formula is C45H58N6O8. The van der Waals surface area contributed by atoms with Crippen LogP contribution in [-0.4, -0.2) is 105 Å². The summed E-state index contributed by atoms with van der Waals surface area (Å²) in [6.07, 6.45) is 3.79. The van der Waals surface area contributed by atoms with E-state index in [4.69, 9.17) is 9.47 Å². The third-order valence-electron chi connectivity index (χ3n) is 11.3. The summed E-state index contributed by atoms with van der Waals surface area (Å²) in [7, 11) is 3.12. The first kappa shape index (κ1) is 43.3. The molecule has 4 heterocycles. The number of ether oxygens (including phenoxy) is 2. The number of carbonyl (C=O) groups excluding carboxylic acids is 4. The molecular weight excluding hydrogens is 753 g/mol. The van der Waals surface area contributed by atoms with Gasteiger partial charge in [0.2, 0.25) is 5.91 Å². The van der Waals surface area contributed by atoms with Gasteiger partial charge in [-0.15, -0.1) is 0 Å². The van der Waals surface area contributed by atoms with Gasteiger partial charge in [0.1, 0.15) is 30.0 Å². The molecule has 0 radical (unpaired) electrons. The average Bonchev–Trinajstić information content (AvgIpc) is 3.50. The minimum absolute atomic E-state index is 0.0144. The smallest absolute Gasteiger partial charge is 0.324 e. The average molecular weight is 811 g/mol. The maximum atomic E-state index is 14.5. The van der Waals surface area contributed by atoms with E-state index < -0.39 is 53.3 Å². The topological polar surface area (TPSA) is 176 Å². The fraction of sp³-hybridized carbons (Fsp3) is 0.489. The summed E-state index contributed by atoms with van der Waals surface area (Å²) in [4.78, 5) is 60.9. The molecule has 0 spiro atoms. The molecule has 4 N–H and O–H groups in total.